The number of hydrogen-bond donors (Lipinski definition) is 0. The lowest BCUT2D eigenvalue weighted by Crippen LogP contribution is -2.54. The zero-order valence-corrected chi connectivity index (χ0v) is 21.6. The fraction of sp³-hybridized carbons (Fsp3) is 0.500. The lowest BCUT2D eigenvalue weighted by Gasteiger charge is -2.41. The van der Waals surface area contributed by atoms with Crippen LogP contribution in [0.2, 0.25) is 0 Å². The summed E-state index contributed by atoms with van der Waals surface area (Å²) < 4.78 is 7.39. The average Bonchev–Trinajstić information content (AvgIpc) is 3.55. The molecule has 188 valence electrons. The van der Waals surface area contributed by atoms with Gasteiger partial charge in [-0.25, -0.2) is 19.7 Å². The minimum Gasteiger partial charge on any atom is -0.444 e. The molecular weight excluding hydrogens is 480 g/mol. The van der Waals surface area contributed by atoms with Crippen molar-refractivity contribution in [2.45, 2.75) is 52.2 Å². The number of thiazole rings is 1. The van der Waals surface area contributed by atoms with E-state index < -0.39 is 5.60 Å². The maximum Gasteiger partial charge on any atom is 0.410 e. The van der Waals surface area contributed by atoms with Crippen LogP contribution in [0, 0.1) is 11.3 Å². The number of piperazine rings is 1. The van der Waals surface area contributed by atoms with Gasteiger partial charge in [-0.2, -0.15) is 5.26 Å². The van der Waals surface area contributed by atoms with Gasteiger partial charge < -0.3 is 19.4 Å². The number of aromatic nitrogens is 4. The summed E-state index contributed by atoms with van der Waals surface area (Å²) in [4.78, 5) is 45.2. The molecule has 2 aliphatic rings. The molecule has 1 unspecified atom stereocenters. The van der Waals surface area contributed by atoms with Gasteiger partial charge in [0, 0.05) is 44.8 Å². The smallest absolute Gasteiger partial charge is 0.410 e. The van der Waals surface area contributed by atoms with Crippen molar-refractivity contribution in [3.8, 4) is 11.2 Å². The van der Waals surface area contributed by atoms with Crippen molar-refractivity contribution in [2.75, 3.05) is 36.0 Å². The molecule has 0 radical (unpaired) electrons. The molecule has 1 atom stereocenters. The maximum absolute atomic E-state index is 12.7. The number of nitriles is 1. The third-order valence-corrected chi connectivity index (χ3v) is 7.17. The fourth-order valence-electron chi connectivity index (χ4n) is 4.69. The Bertz CT molecular complexity index is 1370. The quantitative estimate of drug-likeness (QED) is 0.528. The number of amides is 2. The minimum atomic E-state index is -0.558. The van der Waals surface area contributed by atoms with Crippen molar-refractivity contribution < 1.29 is 14.3 Å². The van der Waals surface area contributed by atoms with Gasteiger partial charge >= 0.3 is 6.09 Å². The van der Waals surface area contributed by atoms with E-state index in [9.17, 15) is 14.9 Å². The van der Waals surface area contributed by atoms with Gasteiger partial charge in [0.25, 0.3) is 0 Å². The predicted molar refractivity (Wildman–Crippen MR) is 135 cm³/mol. The Morgan fingerprint density at radius 2 is 2.03 bits per heavy atom. The van der Waals surface area contributed by atoms with Crippen LogP contribution in [0.1, 0.15) is 45.4 Å². The summed E-state index contributed by atoms with van der Waals surface area (Å²) in [6, 6.07) is 2.08. The number of carbonyl (C=O) groups excluding carboxylic acids is 2. The molecule has 0 bridgehead atoms. The fourth-order valence-corrected chi connectivity index (χ4v) is 5.38. The summed E-state index contributed by atoms with van der Waals surface area (Å²) in [5.41, 5.74) is 0.798. The summed E-state index contributed by atoms with van der Waals surface area (Å²) >= 11 is 1.26. The molecule has 0 aromatic carbocycles. The minimum absolute atomic E-state index is 0.0418. The molecule has 12 heteroatoms. The SMILES string of the molecule is CC1CN(C(=O)OC(C)(C)C)CCN1c1ncnc2c1c(N1CCCC1=O)cn2-c1ncc(C#N)s1. The number of rotatable bonds is 3. The van der Waals surface area contributed by atoms with Crippen LogP contribution in [0.3, 0.4) is 0 Å². The highest BCUT2D eigenvalue weighted by Crippen LogP contribution is 2.39. The Kier molecular flexibility index (Phi) is 6.04. The molecule has 0 saturated carbocycles. The van der Waals surface area contributed by atoms with E-state index in [4.69, 9.17) is 4.74 Å². The highest BCUT2D eigenvalue weighted by atomic mass is 32.1. The van der Waals surface area contributed by atoms with Crippen molar-refractivity contribution in [2.24, 2.45) is 0 Å². The Morgan fingerprint density at radius 1 is 1.22 bits per heavy atom. The Balaban J connectivity index is 1.55. The van der Waals surface area contributed by atoms with E-state index >= 15 is 0 Å². The molecule has 2 fully saturated rings. The summed E-state index contributed by atoms with van der Waals surface area (Å²) in [7, 11) is 0. The van der Waals surface area contributed by atoms with Crippen LogP contribution in [0.25, 0.3) is 16.2 Å². The molecular formula is C24H28N8O3S. The van der Waals surface area contributed by atoms with Crippen LogP contribution in [-0.4, -0.2) is 74.2 Å². The lowest BCUT2D eigenvalue weighted by molar-refractivity contribution is -0.117. The number of carbonyl (C=O) groups is 2. The first-order chi connectivity index (χ1) is 17.2. The third-order valence-electron chi connectivity index (χ3n) is 6.27. The van der Waals surface area contributed by atoms with E-state index in [-0.39, 0.29) is 18.0 Å². The second-order valence-corrected chi connectivity index (χ2v) is 11.0. The first-order valence-corrected chi connectivity index (χ1v) is 12.7. The van der Waals surface area contributed by atoms with Gasteiger partial charge in [-0.05, 0) is 34.1 Å². The van der Waals surface area contributed by atoms with E-state index in [2.05, 4.69) is 25.9 Å². The average molecular weight is 509 g/mol. The summed E-state index contributed by atoms with van der Waals surface area (Å²) in [5, 5.41) is 10.6. The van der Waals surface area contributed by atoms with Crippen LogP contribution in [0.5, 0.6) is 0 Å². The van der Waals surface area contributed by atoms with Gasteiger partial charge in [-0.1, -0.05) is 11.3 Å². The van der Waals surface area contributed by atoms with E-state index in [0.29, 0.717) is 54.1 Å². The molecule has 5 rings (SSSR count). The van der Waals surface area contributed by atoms with Crippen molar-refractivity contribution in [1.82, 2.24) is 24.4 Å². The van der Waals surface area contributed by atoms with Gasteiger partial charge in [-0.3, -0.25) is 9.36 Å². The van der Waals surface area contributed by atoms with Crippen LogP contribution in [-0.2, 0) is 9.53 Å². The molecule has 2 amide bonds. The molecule has 3 aromatic rings. The van der Waals surface area contributed by atoms with Crippen LogP contribution < -0.4 is 9.80 Å². The molecule has 2 saturated heterocycles. The van der Waals surface area contributed by atoms with E-state index in [1.807, 2.05) is 38.5 Å². The highest BCUT2D eigenvalue weighted by Gasteiger charge is 2.34. The molecule has 0 N–H and O–H groups in total. The zero-order chi connectivity index (χ0) is 25.6. The highest BCUT2D eigenvalue weighted by molar-refractivity contribution is 7.14. The Labute approximate surface area is 212 Å². The molecule has 3 aromatic heterocycles. The predicted octanol–water partition coefficient (Wildman–Crippen LogP) is 3.32. The van der Waals surface area contributed by atoms with Crippen molar-refractivity contribution >= 4 is 45.9 Å². The van der Waals surface area contributed by atoms with Crippen LogP contribution >= 0.6 is 11.3 Å². The number of anilines is 2. The van der Waals surface area contributed by atoms with Crippen molar-refractivity contribution in [3.05, 3.63) is 23.6 Å². The van der Waals surface area contributed by atoms with E-state index in [1.165, 1.54) is 23.9 Å². The Morgan fingerprint density at radius 3 is 2.67 bits per heavy atom. The largest absolute Gasteiger partial charge is 0.444 e. The normalized spacial score (nSPS) is 18.7. The summed E-state index contributed by atoms with van der Waals surface area (Å²) in [6.45, 7) is 9.76. The van der Waals surface area contributed by atoms with E-state index in [0.717, 1.165) is 17.5 Å². The topological polar surface area (TPSA) is 120 Å². The van der Waals surface area contributed by atoms with Crippen LogP contribution in [0.15, 0.2) is 18.7 Å². The first-order valence-electron chi connectivity index (χ1n) is 11.9. The standard InChI is InChI=1S/C24H28N8O3S/c1-15-12-29(23(34)35-24(2,3)4)8-9-30(15)20-19-17(31-7-5-6-18(31)33)13-32(21(19)28-14-27-20)22-26-11-16(10-25)36-22/h11,13-15H,5-9,12H2,1-4H3. The summed E-state index contributed by atoms with van der Waals surface area (Å²) in [5.74, 6) is 0.769. The van der Waals surface area contributed by atoms with Gasteiger partial charge in [0.15, 0.2) is 10.8 Å². The third kappa shape index (κ3) is 4.35. The maximum atomic E-state index is 12.7. The molecule has 5 heterocycles. The van der Waals surface area contributed by atoms with Gasteiger partial charge in [0.1, 0.15) is 28.7 Å². The molecule has 0 spiro atoms. The number of nitrogens with zero attached hydrogens (tertiary/aromatic N) is 8. The summed E-state index contributed by atoms with van der Waals surface area (Å²) in [6.07, 6.45) is 5.87. The van der Waals surface area contributed by atoms with Gasteiger partial charge in [-0.15, -0.1) is 0 Å². The number of ether oxygens (including phenoxy) is 1. The number of fused-ring (bicyclic) bond motifs is 1. The van der Waals surface area contributed by atoms with E-state index in [1.54, 1.807) is 9.80 Å². The molecule has 11 nitrogen and oxygen atoms in total. The van der Waals surface area contributed by atoms with Gasteiger partial charge in [0.2, 0.25) is 5.91 Å². The number of hydrogen-bond acceptors (Lipinski definition) is 9. The molecule has 36 heavy (non-hydrogen) atoms. The second-order valence-electron chi connectivity index (χ2n) is 10.0. The zero-order valence-electron chi connectivity index (χ0n) is 20.8. The van der Waals surface area contributed by atoms with Crippen molar-refractivity contribution in [1.29, 1.82) is 5.26 Å². The Hall–Kier alpha value is -3.72. The molecule has 0 aliphatic carbocycles. The first kappa shape index (κ1) is 24.0. The van der Waals surface area contributed by atoms with Gasteiger partial charge in [0.05, 0.1) is 17.3 Å². The van der Waals surface area contributed by atoms with Crippen LogP contribution in [0.4, 0.5) is 16.3 Å². The second kappa shape index (κ2) is 9.05. The monoisotopic (exact) mass is 508 g/mol. The molecule has 2 aliphatic heterocycles. The van der Waals surface area contributed by atoms with Crippen molar-refractivity contribution in [3.63, 3.8) is 0 Å². The lowest BCUT2D eigenvalue weighted by atomic mass is 10.1.